The Balaban J connectivity index is 4.35. The highest BCUT2D eigenvalue weighted by Gasteiger charge is 2.19. The second-order valence-electron chi connectivity index (χ2n) is 22.0. The average Bonchev–Trinajstić information content (AvgIpc) is 3.43. The molecular weight excluding hydrogens is 949 g/mol. The minimum atomic E-state index is -0.787. The van der Waals surface area contributed by atoms with Crippen molar-refractivity contribution in [3.05, 3.63) is 85.1 Å². The van der Waals surface area contributed by atoms with Gasteiger partial charge < -0.3 is 14.2 Å². The predicted molar refractivity (Wildman–Crippen MR) is 334 cm³/mol. The Morgan fingerprint density at radius 3 is 0.831 bits per heavy atom. The van der Waals surface area contributed by atoms with Gasteiger partial charge in [0.15, 0.2) is 6.10 Å². The molecular formula is C71H124O6. The fourth-order valence-corrected chi connectivity index (χ4v) is 9.43. The maximum absolute atomic E-state index is 12.9. The fourth-order valence-electron chi connectivity index (χ4n) is 9.43. The van der Waals surface area contributed by atoms with E-state index in [-0.39, 0.29) is 31.1 Å². The lowest BCUT2D eigenvalue weighted by Crippen LogP contribution is -2.30. The number of ether oxygens (including phenoxy) is 3. The van der Waals surface area contributed by atoms with Crippen molar-refractivity contribution in [3.8, 4) is 0 Å². The first-order chi connectivity index (χ1) is 38.0. The van der Waals surface area contributed by atoms with Crippen LogP contribution in [0.2, 0.25) is 0 Å². The molecule has 0 aromatic carbocycles. The van der Waals surface area contributed by atoms with Gasteiger partial charge in [0, 0.05) is 19.3 Å². The van der Waals surface area contributed by atoms with Gasteiger partial charge in [-0.3, -0.25) is 14.4 Å². The molecule has 0 aliphatic rings. The molecule has 0 radical (unpaired) electrons. The fraction of sp³-hybridized carbons (Fsp3) is 0.761. The first-order valence-electron chi connectivity index (χ1n) is 33.1. The summed E-state index contributed by atoms with van der Waals surface area (Å²) in [4.78, 5) is 38.4. The number of allylic oxidation sites excluding steroid dienone is 14. The molecule has 0 saturated heterocycles. The van der Waals surface area contributed by atoms with Crippen molar-refractivity contribution in [3.63, 3.8) is 0 Å². The van der Waals surface area contributed by atoms with Crippen molar-refractivity contribution in [2.45, 2.75) is 335 Å². The van der Waals surface area contributed by atoms with E-state index in [4.69, 9.17) is 14.2 Å². The van der Waals surface area contributed by atoms with Crippen LogP contribution in [0.3, 0.4) is 0 Å². The van der Waals surface area contributed by atoms with E-state index in [1.807, 2.05) is 0 Å². The van der Waals surface area contributed by atoms with Crippen LogP contribution in [0, 0.1) is 0 Å². The van der Waals surface area contributed by atoms with Crippen LogP contribution in [0.4, 0.5) is 0 Å². The van der Waals surface area contributed by atoms with Gasteiger partial charge in [-0.2, -0.15) is 0 Å². The van der Waals surface area contributed by atoms with Crippen LogP contribution in [0.5, 0.6) is 0 Å². The molecule has 6 heteroatoms. The van der Waals surface area contributed by atoms with Gasteiger partial charge in [0.25, 0.3) is 0 Å². The molecule has 0 aromatic rings. The summed E-state index contributed by atoms with van der Waals surface area (Å²) in [6.07, 6.45) is 85.9. The monoisotopic (exact) mass is 1070 g/mol. The highest BCUT2D eigenvalue weighted by Crippen LogP contribution is 2.17. The maximum Gasteiger partial charge on any atom is 0.306 e. The molecule has 0 saturated carbocycles. The Morgan fingerprint density at radius 2 is 0.519 bits per heavy atom. The first kappa shape index (κ1) is 73.6. The summed E-state index contributed by atoms with van der Waals surface area (Å²) in [5, 5.41) is 0. The van der Waals surface area contributed by atoms with Crippen molar-refractivity contribution in [1.29, 1.82) is 0 Å². The predicted octanol–water partition coefficient (Wildman–Crippen LogP) is 22.7. The Kier molecular flexibility index (Phi) is 62.2. The molecule has 0 spiro atoms. The van der Waals surface area contributed by atoms with Crippen LogP contribution in [-0.4, -0.2) is 37.2 Å². The van der Waals surface area contributed by atoms with Crippen LogP contribution in [0.25, 0.3) is 0 Å². The number of esters is 3. The SMILES string of the molecule is CC/C=C\C/C=C\C/C=C\C/C=C\C/C=C\CCCCCCCCCC(=O)OCC(COC(=O)CCCCCCC/C=C\C/C=C\CCCC)OC(=O)CCCCCCCCCCCCCCCCCCCCCCCC. The summed E-state index contributed by atoms with van der Waals surface area (Å²) in [5.74, 6) is -0.892. The number of carbonyl (C=O) groups is 3. The third-order valence-electron chi connectivity index (χ3n) is 14.4. The van der Waals surface area contributed by atoms with Crippen LogP contribution < -0.4 is 0 Å². The largest absolute Gasteiger partial charge is 0.462 e. The number of hydrogen-bond donors (Lipinski definition) is 0. The summed E-state index contributed by atoms with van der Waals surface area (Å²) < 4.78 is 16.9. The Bertz CT molecular complexity index is 1470. The van der Waals surface area contributed by atoms with Gasteiger partial charge in [0.05, 0.1) is 0 Å². The van der Waals surface area contributed by atoms with Crippen LogP contribution in [0.15, 0.2) is 85.1 Å². The lowest BCUT2D eigenvalue weighted by Gasteiger charge is -2.18. The van der Waals surface area contributed by atoms with E-state index >= 15 is 0 Å². The van der Waals surface area contributed by atoms with E-state index in [0.29, 0.717) is 19.3 Å². The first-order valence-corrected chi connectivity index (χ1v) is 33.1. The van der Waals surface area contributed by atoms with Crippen LogP contribution in [-0.2, 0) is 28.6 Å². The molecule has 0 amide bonds. The minimum Gasteiger partial charge on any atom is -0.462 e. The Hall–Kier alpha value is -3.41. The van der Waals surface area contributed by atoms with E-state index in [9.17, 15) is 14.4 Å². The third kappa shape index (κ3) is 63.3. The Labute approximate surface area is 477 Å². The second kappa shape index (κ2) is 65.1. The zero-order chi connectivity index (χ0) is 55.7. The third-order valence-corrected chi connectivity index (χ3v) is 14.4. The average molecular weight is 1070 g/mol. The van der Waals surface area contributed by atoms with Gasteiger partial charge >= 0.3 is 17.9 Å². The van der Waals surface area contributed by atoms with Crippen molar-refractivity contribution in [2.75, 3.05) is 13.2 Å². The van der Waals surface area contributed by atoms with E-state index in [2.05, 4.69) is 106 Å². The van der Waals surface area contributed by atoms with Crippen molar-refractivity contribution in [2.24, 2.45) is 0 Å². The molecule has 0 rings (SSSR count). The minimum absolute atomic E-state index is 0.0846. The van der Waals surface area contributed by atoms with Crippen LogP contribution >= 0.6 is 0 Å². The molecule has 0 heterocycles. The quantitative estimate of drug-likeness (QED) is 0.0261. The summed E-state index contributed by atoms with van der Waals surface area (Å²) in [6.45, 7) is 6.51. The zero-order valence-electron chi connectivity index (χ0n) is 51.0. The molecule has 0 aliphatic carbocycles. The molecule has 0 aromatic heterocycles. The number of carbonyl (C=O) groups excluding carboxylic acids is 3. The Morgan fingerprint density at radius 1 is 0.273 bits per heavy atom. The molecule has 1 atom stereocenters. The second-order valence-corrected chi connectivity index (χ2v) is 22.0. The van der Waals surface area contributed by atoms with E-state index < -0.39 is 6.10 Å². The molecule has 1 unspecified atom stereocenters. The van der Waals surface area contributed by atoms with E-state index in [0.717, 1.165) is 116 Å². The smallest absolute Gasteiger partial charge is 0.306 e. The summed E-state index contributed by atoms with van der Waals surface area (Å²) in [7, 11) is 0. The highest BCUT2D eigenvalue weighted by atomic mass is 16.6. The van der Waals surface area contributed by atoms with Gasteiger partial charge in [0.2, 0.25) is 0 Å². The highest BCUT2D eigenvalue weighted by molar-refractivity contribution is 5.71. The molecule has 0 bridgehead atoms. The molecule has 0 aliphatic heterocycles. The summed E-state index contributed by atoms with van der Waals surface area (Å²) in [5.41, 5.74) is 0. The van der Waals surface area contributed by atoms with Gasteiger partial charge in [-0.15, -0.1) is 0 Å². The summed E-state index contributed by atoms with van der Waals surface area (Å²) in [6, 6.07) is 0. The van der Waals surface area contributed by atoms with Crippen LogP contribution in [0.1, 0.15) is 329 Å². The van der Waals surface area contributed by atoms with Crippen molar-refractivity contribution < 1.29 is 28.6 Å². The van der Waals surface area contributed by atoms with E-state index in [1.165, 1.54) is 173 Å². The summed E-state index contributed by atoms with van der Waals surface area (Å²) >= 11 is 0. The molecule has 77 heavy (non-hydrogen) atoms. The molecule has 444 valence electrons. The lowest BCUT2D eigenvalue weighted by atomic mass is 10.0. The maximum atomic E-state index is 12.9. The van der Waals surface area contributed by atoms with Crippen molar-refractivity contribution >= 4 is 17.9 Å². The normalized spacial score (nSPS) is 12.6. The number of hydrogen-bond acceptors (Lipinski definition) is 6. The number of unbranched alkanes of at least 4 members (excludes halogenated alkanes) is 35. The van der Waals surface area contributed by atoms with Gasteiger partial charge in [0.1, 0.15) is 13.2 Å². The van der Waals surface area contributed by atoms with Gasteiger partial charge in [-0.05, 0) is 89.9 Å². The number of rotatable bonds is 60. The molecule has 0 fully saturated rings. The van der Waals surface area contributed by atoms with Crippen molar-refractivity contribution in [1.82, 2.24) is 0 Å². The van der Waals surface area contributed by atoms with E-state index in [1.54, 1.807) is 0 Å². The van der Waals surface area contributed by atoms with Gasteiger partial charge in [-0.1, -0.05) is 305 Å². The standard InChI is InChI=1S/C71H124O6/c1-4-7-10-13-16-19-22-25-28-30-32-34-36-38-39-41-43-46-49-52-55-58-61-64-70(73)76-67-68(66-75-69(72)63-60-57-54-51-48-45-27-24-21-18-15-12-9-6-3)77-71(74)65-62-59-56-53-50-47-44-42-40-37-35-33-31-29-26-23-20-17-14-11-8-5-2/h7,10,15-16,18-19,24-25,27-28,32,34,38-39,68H,4-6,8-9,11-14,17,20-23,26,29-31,33,35-37,40-67H2,1-3H3/b10-7-,18-15-,19-16-,27-24-,28-25-,34-32-,39-38-. The molecule has 6 nitrogen and oxygen atoms in total. The topological polar surface area (TPSA) is 78.9 Å². The van der Waals surface area contributed by atoms with Gasteiger partial charge in [-0.25, -0.2) is 0 Å². The zero-order valence-corrected chi connectivity index (χ0v) is 51.0. The molecule has 0 N–H and O–H groups in total. The lowest BCUT2D eigenvalue weighted by molar-refractivity contribution is -0.167.